The molecule has 0 aromatic heterocycles. The summed E-state index contributed by atoms with van der Waals surface area (Å²) in [6, 6.07) is 15.9. The summed E-state index contributed by atoms with van der Waals surface area (Å²) in [5, 5.41) is 21.2. The molecule has 1 aliphatic heterocycles. The number of aliphatic hydroxyl groups is 1. The number of amides is 2. The predicted octanol–water partition coefficient (Wildman–Crippen LogP) is -0.240. The van der Waals surface area contributed by atoms with Crippen molar-refractivity contribution in [1.29, 1.82) is 0 Å². The number of esters is 1. The van der Waals surface area contributed by atoms with Gasteiger partial charge in [0.1, 0.15) is 18.1 Å². The number of β-lactam (4-membered cyclic amide) rings is 1. The van der Waals surface area contributed by atoms with E-state index in [1.165, 1.54) is 0 Å². The summed E-state index contributed by atoms with van der Waals surface area (Å²) in [7, 11) is 0. The van der Waals surface area contributed by atoms with Gasteiger partial charge in [0.15, 0.2) is 25.5 Å². The van der Waals surface area contributed by atoms with E-state index in [0.717, 1.165) is 0 Å². The molecule has 2 amide bonds. The van der Waals surface area contributed by atoms with Crippen LogP contribution in [0, 0.1) is 0 Å². The third kappa shape index (κ3) is 7.16. The number of hydrogen-bond acceptors (Lipinski definition) is 9. The molecule has 0 radical (unpaired) electrons. The fourth-order valence-electron chi connectivity index (χ4n) is 3.08. The first kappa shape index (κ1) is 25.5. The van der Waals surface area contributed by atoms with E-state index in [1.54, 1.807) is 60.7 Å². The van der Waals surface area contributed by atoms with Gasteiger partial charge in [-0.3, -0.25) is 14.5 Å². The number of aliphatic carboxylic acids is 1. The number of nitrogens with zero attached hydrogens (tertiary/aromatic N) is 1. The van der Waals surface area contributed by atoms with E-state index in [1.807, 2.05) is 0 Å². The van der Waals surface area contributed by atoms with Crippen molar-refractivity contribution >= 4 is 23.8 Å². The molecule has 0 saturated carbocycles. The molecule has 3 N–H and O–H groups in total. The van der Waals surface area contributed by atoms with Crippen LogP contribution in [-0.2, 0) is 28.7 Å². The van der Waals surface area contributed by atoms with Crippen LogP contribution in [0.25, 0.3) is 0 Å². The molecule has 2 aromatic rings. The van der Waals surface area contributed by atoms with Crippen molar-refractivity contribution < 1.29 is 48.3 Å². The van der Waals surface area contributed by atoms with Gasteiger partial charge in [0.25, 0.3) is 11.8 Å². The molecule has 186 valence electrons. The maximum absolute atomic E-state index is 12.4. The Morgan fingerprint density at radius 3 is 2.06 bits per heavy atom. The van der Waals surface area contributed by atoms with Gasteiger partial charge in [-0.2, -0.15) is 0 Å². The maximum Gasteiger partial charge on any atom is 0.354 e. The van der Waals surface area contributed by atoms with E-state index in [9.17, 15) is 24.3 Å². The number of hydrogen-bond donors (Lipinski definition) is 3. The van der Waals surface area contributed by atoms with Crippen LogP contribution in [0.4, 0.5) is 0 Å². The van der Waals surface area contributed by atoms with Crippen LogP contribution in [0.3, 0.4) is 0 Å². The average Bonchev–Trinajstić information content (AvgIpc) is 2.87. The SMILES string of the molecule is O=C(COc1ccccc1)N[C@@H]1C(=O)N(C(O)C(=O)O)[C@@H]1OCCOC(=O)COc1ccccc1. The molecule has 0 aliphatic carbocycles. The molecule has 12 heteroatoms. The molecule has 35 heavy (non-hydrogen) atoms. The summed E-state index contributed by atoms with van der Waals surface area (Å²) in [5.41, 5.74) is 0. The molecule has 1 unspecified atom stereocenters. The molecule has 1 aliphatic rings. The number of rotatable bonds is 13. The van der Waals surface area contributed by atoms with Gasteiger partial charge in [-0.1, -0.05) is 36.4 Å². The minimum atomic E-state index is -2.18. The van der Waals surface area contributed by atoms with Crippen LogP contribution < -0.4 is 14.8 Å². The highest BCUT2D eigenvalue weighted by Gasteiger charge is 2.53. The van der Waals surface area contributed by atoms with Crippen molar-refractivity contribution in [1.82, 2.24) is 10.2 Å². The van der Waals surface area contributed by atoms with Crippen LogP contribution in [0.2, 0.25) is 0 Å². The first-order valence-corrected chi connectivity index (χ1v) is 10.5. The van der Waals surface area contributed by atoms with Gasteiger partial charge in [0.2, 0.25) is 6.23 Å². The van der Waals surface area contributed by atoms with E-state index < -0.39 is 48.9 Å². The largest absolute Gasteiger partial charge is 0.484 e. The van der Waals surface area contributed by atoms with Gasteiger partial charge in [-0.25, -0.2) is 9.59 Å². The maximum atomic E-state index is 12.4. The van der Waals surface area contributed by atoms with Crippen molar-refractivity contribution in [2.24, 2.45) is 0 Å². The molecule has 1 fully saturated rings. The van der Waals surface area contributed by atoms with Gasteiger partial charge >= 0.3 is 11.9 Å². The number of para-hydroxylation sites is 2. The zero-order valence-electron chi connectivity index (χ0n) is 18.4. The quantitative estimate of drug-likeness (QED) is 0.195. The fraction of sp³-hybridized carbons (Fsp3) is 0.304. The van der Waals surface area contributed by atoms with Crippen molar-refractivity contribution in [2.75, 3.05) is 26.4 Å². The van der Waals surface area contributed by atoms with Crippen LogP contribution in [0.1, 0.15) is 0 Å². The molecule has 0 bridgehead atoms. The standard InChI is InChI=1S/C23H24N2O10/c26-17(13-34-15-7-3-1-4-8-15)24-19-20(28)25(21(29)23(30)31)22(19)33-12-11-32-18(27)14-35-16-9-5-2-6-10-16/h1-10,19,21-22,29H,11-14H2,(H,24,26)(H,30,31)/t19-,21?,22-/m1/s1. The Labute approximate surface area is 199 Å². The Morgan fingerprint density at radius 2 is 1.49 bits per heavy atom. The number of ether oxygens (including phenoxy) is 4. The zero-order valence-corrected chi connectivity index (χ0v) is 18.4. The van der Waals surface area contributed by atoms with Crippen molar-refractivity contribution in [3.63, 3.8) is 0 Å². The zero-order chi connectivity index (χ0) is 25.2. The van der Waals surface area contributed by atoms with Gasteiger partial charge in [-0.05, 0) is 24.3 Å². The number of carboxylic acids is 1. The second kappa shape index (κ2) is 12.3. The molecule has 1 saturated heterocycles. The Balaban J connectivity index is 1.47. The third-order valence-electron chi connectivity index (χ3n) is 4.73. The summed E-state index contributed by atoms with van der Waals surface area (Å²) < 4.78 is 21.0. The van der Waals surface area contributed by atoms with Crippen molar-refractivity contribution in [3.8, 4) is 11.5 Å². The highest BCUT2D eigenvalue weighted by Crippen LogP contribution is 2.24. The summed E-state index contributed by atoms with van der Waals surface area (Å²) >= 11 is 0. The Bertz CT molecular complexity index is 1020. The topological polar surface area (TPSA) is 161 Å². The van der Waals surface area contributed by atoms with E-state index in [-0.39, 0.29) is 19.8 Å². The summed E-state index contributed by atoms with van der Waals surface area (Å²) in [4.78, 5) is 48.1. The van der Waals surface area contributed by atoms with Crippen LogP contribution in [0.15, 0.2) is 60.7 Å². The van der Waals surface area contributed by atoms with Crippen LogP contribution in [0.5, 0.6) is 11.5 Å². The highest BCUT2D eigenvalue weighted by atomic mass is 16.6. The monoisotopic (exact) mass is 488 g/mol. The molecular weight excluding hydrogens is 464 g/mol. The average molecular weight is 488 g/mol. The lowest BCUT2D eigenvalue weighted by Crippen LogP contribution is -2.75. The molecule has 3 rings (SSSR count). The Morgan fingerprint density at radius 1 is 0.914 bits per heavy atom. The minimum absolute atomic E-state index is 0.240. The molecule has 3 atom stereocenters. The summed E-state index contributed by atoms with van der Waals surface area (Å²) in [6.45, 7) is -1.22. The minimum Gasteiger partial charge on any atom is -0.484 e. The second-order valence-electron chi connectivity index (χ2n) is 7.19. The van der Waals surface area contributed by atoms with E-state index >= 15 is 0 Å². The van der Waals surface area contributed by atoms with Crippen LogP contribution >= 0.6 is 0 Å². The molecule has 1 heterocycles. The Hall–Kier alpha value is -4.16. The smallest absolute Gasteiger partial charge is 0.354 e. The summed E-state index contributed by atoms with van der Waals surface area (Å²) in [6.07, 6.45) is -3.48. The number of nitrogens with one attached hydrogen (secondary N) is 1. The molecule has 0 spiro atoms. The van der Waals surface area contributed by atoms with Crippen LogP contribution in [-0.4, -0.2) is 83.8 Å². The number of likely N-dealkylation sites (tertiary alicyclic amines) is 1. The van der Waals surface area contributed by atoms with Crippen molar-refractivity contribution in [2.45, 2.75) is 18.5 Å². The molecular formula is C23H24N2O10. The number of benzene rings is 2. The van der Waals surface area contributed by atoms with E-state index in [0.29, 0.717) is 16.4 Å². The van der Waals surface area contributed by atoms with E-state index in [4.69, 9.17) is 24.1 Å². The van der Waals surface area contributed by atoms with Gasteiger partial charge in [0, 0.05) is 0 Å². The lowest BCUT2D eigenvalue weighted by atomic mass is 10.0. The second-order valence-corrected chi connectivity index (χ2v) is 7.19. The normalized spacial score (nSPS) is 17.6. The highest BCUT2D eigenvalue weighted by molar-refractivity contribution is 5.95. The lowest BCUT2D eigenvalue weighted by Gasteiger charge is -2.47. The third-order valence-corrected chi connectivity index (χ3v) is 4.73. The first-order chi connectivity index (χ1) is 16.9. The predicted molar refractivity (Wildman–Crippen MR) is 117 cm³/mol. The number of carbonyl (C=O) groups excluding carboxylic acids is 3. The van der Waals surface area contributed by atoms with Crippen molar-refractivity contribution in [3.05, 3.63) is 60.7 Å². The molecule has 2 aromatic carbocycles. The number of aliphatic hydroxyl groups excluding tert-OH is 1. The summed E-state index contributed by atoms with van der Waals surface area (Å²) in [5.74, 6) is -2.93. The number of carboxylic acid groups (broad SMARTS) is 1. The van der Waals surface area contributed by atoms with E-state index in [2.05, 4.69) is 5.32 Å². The number of carbonyl (C=O) groups is 4. The Kier molecular flexibility index (Phi) is 8.98. The lowest BCUT2D eigenvalue weighted by molar-refractivity contribution is -0.219. The fourth-order valence-corrected chi connectivity index (χ4v) is 3.08. The molecule has 12 nitrogen and oxygen atoms in total. The van der Waals surface area contributed by atoms with Gasteiger partial charge in [0.05, 0.1) is 6.61 Å². The van der Waals surface area contributed by atoms with Gasteiger partial charge in [-0.15, -0.1) is 0 Å². The van der Waals surface area contributed by atoms with Gasteiger partial charge < -0.3 is 34.5 Å². The first-order valence-electron chi connectivity index (χ1n) is 10.5.